The topological polar surface area (TPSA) is 53.1 Å². The van der Waals surface area contributed by atoms with Crippen molar-refractivity contribution < 1.29 is 0 Å². The first-order chi connectivity index (χ1) is 10.8. The van der Waals surface area contributed by atoms with Gasteiger partial charge in [-0.2, -0.15) is 0 Å². The molecule has 0 spiro atoms. The summed E-state index contributed by atoms with van der Waals surface area (Å²) in [6, 6.07) is 9.26. The van der Waals surface area contributed by atoms with Crippen LogP contribution in [-0.4, -0.2) is 42.2 Å². The molecular weight excluding hydrogens is 274 g/mol. The molecule has 1 atom stereocenters. The van der Waals surface area contributed by atoms with E-state index >= 15 is 0 Å². The number of piperidine rings is 1. The molecule has 2 aromatic rings. The lowest BCUT2D eigenvalue weighted by molar-refractivity contribution is 0.448. The molecule has 1 aliphatic carbocycles. The van der Waals surface area contributed by atoms with Crippen molar-refractivity contribution >= 4 is 22.7 Å². The molecule has 5 heteroatoms. The summed E-state index contributed by atoms with van der Waals surface area (Å²) in [4.78, 5) is 12.2. The number of rotatable bonds is 4. The minimum Gasteiger partial charge on any atom is -0.364 e. The van der Waals surface area contributed by atoms with Gasteiger partial charge >= 0.3 is 0 Å². The van der Waals surface area contributed by atoms with E-state index in [1.54, 1.807) is 0 Å². The quantitative estimate of drug-likeness (QED) is 0.907. The number of hydrogen-bond acceptors (Lipinski definition) is 5. The molecule has 2 heterocycles. The van der Waals surface area contributed by atoms with Gasteiger partial charge in [0.1, 0.15) is 0 Å². The molecular formula is C17H23N5. The van der Waals surface area contributed by atoms with Gasteiger partial charge < -0.3 is 15.5 Å². The highest BCUT2D eigenvalue weighted by Crippen LogP contribution is 2.31. The molecule has 2 aliphatic rings. The Morgan fingerprint density at radius 2 is 1.82 bits per heavy atom. The predicted molar refractivity (Wildman–Crippen MR) is 90.5 cm³/mol. The van der Waals surface area contributed by atoms with E-state index in [4.69, 9.17) is 9.97 Å². The minimum atomic E-state index is 0.538. The first-order valence-corrected chi connectivity index (χ1v) is 8.29. The zero-order valence-electron chi connectivity index (χ0n) is 13.0. The number of aromatic nitrogens is 2. The molecule has 2 N–H and O–H groups in total. The van der Waals surface area contributed by atoms with Crippen molar-refractivity contribution in [3.05, 3.63) is 24.3 Å². The van der Waals surface area contributed by atoms with E-state index < -0.39 is 0 Å². The van der Waals surface area contributed by atoms with Crippen LogP contribution in [0.5, 0.6) is 0 Å². The maximum atomic E-state index is 4.92. The van der Waals surface area contributed by atoms with Crippen LogP contribution in [0.25, 0.3) is 11.0 Å². The molecule has 1 saturated heterocycles. The molecule has 0 unspecified atom stereocenters. The number of benzene rings is 1. The Balaban J connectivity index is 1.72. The third kappa shape index (κ3) is 2.73. The van der Waals surface area contributed by atoms with Gasteiger partial charge in [0.2, 0.25) is 0 Å². The summed E-state index contributed by atoms with van der Waals surface area (Å²) in [6.45, 7) is 2.06. The van der Waals surface area contributed by atoms with Gasteiger partial charge in [0, 0.05) is 25.2 Å². The second kappa shape index (κ2) is 5.72. The van der Waals surface area contributed by atoms with Crippen LogP contribution >= 0.6 is 0 Å². The Kier molecular flexibility index (Phi) is 3.58. The van der Waals surface area contributed by atoms with Crippen LogP contribution in [0, 0.1) is 0 Å². The number of hydrogen-bond donors (Lipinski definition) is 2. The van der Waals surface area contributed by atoms with Crippen LogP contribution in [-0.2, 0) is 0 Å². The third-order valence-electron chi connectivity index (χ3n) is 4.60. The van der Waals surface area contributed by atoms with E-state index in [0.29, 0.717) is 12.1 Å². The van der Waals surface area contributed by atoms with Gasteiger partial charge in [-0.1, -0.05) is 12.1 Å². The highest BCUT2D eigenvalue weighted by Gasteiger charge is 2.27. The van der Waals surface area contributed by atoms with Crippen LogP contribution in [0.3, 0.4) is 0 Å². The van der Waals surface area contributed by atoms with Crippen molar-refractivity contribution in [3.63, 3.8) is 0 Å². The van der Waals surface area contributed by atoms with Crippen LogP contribution in [0.1, 0.15) is 25.7 Å². The van der Waals surface area contributed by atoms with E-state index in [2.05, 4.69) is 15.5 Å². The highest BCUT2D eigenvalue weighted by molar-refractivity contribution is 5.80. The average Bonchev–Trinajstić information content (AvgIpc) is 3.38. The molecule has 5 nitrogen and oxygen atoms in total. The van der Waals surface area contributed by atoms with Crippen LogP contribution in [0.15, 0.2) is 24.3 Å². The average molecular weight is 297 g/mol. The number of para-hydroxylation sites is 2. The fourth-order valence-electron chi connectivity index (χ4n) is 3.13. The lowest BCUT2D eigenvalue weighted by Crippen LogP contribution is -2.45. The van der Waals surface area contributed by atoms with E-state index in [1.165, 1.54) is 25.7 Å². The summed E-state index contributed by atoms with van der Waals surface area (Å²) in [6.07, 6.45) is 4.92. The van der Waals surface area contributed by atoms with Gasteiger partial charge in [0.15, 0.2) is 11.6 Å². The van der Waals surface area contributed by atoms with Crippen molar-refractivity contribution in [2.75, 3.05) is 30.4 Å². The molecule has 1 aromatic carbocycles. The Hall–Kier alpha value is -1.88. The van der Waals surface area contributed by atoms with Crippen molar-refractivity contribution in [2.24, 2.45) is 0 Å². The summed E-state index contributed by atoms with van der Waals surface area (Å²) < 4.78 is 0. The Morgan fingerprint density at radius 3 is 2.55 bits per heavy atom. The van der Waals surface area contributed by atoms with E-state index in [-0.39, 0.29) is 0 Å². The Labute approximate surface area is 131 Å². The second-order valence-electron chi connectivity index (χ2n) is 6.38. The van der Waals surface area contributed by atoms with Crippen LogP contribution in [0.2, 0.25) is 0 Å². The van der Waals surface area contributed by atoms with Gasteiger partial charge in [-0.15, -0.1) is 0 Å². The highest BCUT2D eigenvalue weighted by atomic mass is 15.3. The number of nitrogens with one attached hydrogen (secondary N) is 2. The predicted octanol–water partition coefficient (Wildman–Crippen LogP) is 2.39. The molecule has 0 radical (unpaired) electrons. The zero-order chi connectivity index (χ0) is 14.9. The van der Waals surface area contributed by atoms with Crippen LogP contribution < -0.4 is 15.5 Å². The van der Waals surface area contributed by atoms with E-state index in [9.17, 15) is 0 Å². The van der Waals surface area contributed by atoms with Crippen molar-refractivity contribution in [1.82, 2.24) is 15.3 Å². The van der Waals surface area contributed by atoms with Gasteiger partial charge in [0.25, 0.3) is 0 Å². The summed E-state index contributed by atoms with van der Waals surface area (Å²) in [5, 5.41) is 6.97. The van der Waals surface area contributed by atoms with Crippen molar-refractivity contribution in [3.8, 4) is 0 Å². The van der Waals surface area contributed by atoms with Gasteiger partial charge in [0.05, 0.1) is 11.0 Å². The Morgan fingerprint density at radius 1 is 1.05 bits per heavy atom. The van der Waals surface area contributed by atoms with E-state index in [1.807, 2.05) is 31.3 Å². The normalized spacial score (nSPS) is 22.0. The SMILES string of the molecule is CN[C@@H]1CCCN(c2nc3ccccc3nc2NC2CC2)C1. The summed E-state index contributed by atoms with van der Waals surface area (Å²) in [5.41, 5.74) is 1.95. The maximum Gasteiger partial charge on any atom is 0.172 e. The van der Waals surface area contributed by atoms with Gasteiger partial charge in [-0.3, -0.25) is 0 Å². The molecule has 4 rings (SSSR count). The number of anilines is 2. The summed E-state index contributed by atoms with van der Waals surface area (Å²) in [5.74, 6) is 1.98. The number of likely N-dealkylation sites (N-methyl/N-ethyl adjacent to an activating group) is 1. The third-order valence-corrected chi connectivity index (χ3v) is 4.60. The smallest absolute Gasteiger partial charge is 0.172 e. The molecule has 2 fully saturated rings. The molecule has 1 saturated carbocycles. The first-order valence-electron chi connectivity index (χ1n) is 8.29. The fourth-order valence-corrected chi connectivity index (χ4v) is 3.13. The number of nitrogens with zero attached hydrogens (tertiary/aromatic N) is 3. The van der Waals surface area contributed by atoms with Gasteiger partial charge in [-0.25, -0.2) is 9.97 Å². The largest absolute Gasteiger partial charge is 0.364 e. The van der Waals surface area contributed by atoms with Gasteiger partial charge in [-0.05, 0) is 44.9 Å². The minimum absolute atomic E-state index is 0.538. The van der Waals surface area contributed by atoms with Crippen molar-refractivity contribution in [2.45, 2.75) is 37.8 Å². The fraction of sp³-hybridized carbons (Fsp3) is 0.529. The first kappa shape index (κ1) is 13.8. The molecule has 22 heavy (non-hydrogen) atoms. The zero-order valence-corrected chi connectivity index (χ0v) is 13.0. The monoisotopic (exact) mass is 297 g/mol. The lowest BCUT2D eigenvalue weighted by atomic mass is 10.1. The second-order valence-corrected chi connectivity index (χ2v) is 6.38. The summed E-state index contributed by atoms with van der Waals surface area (Å²) >= 11 is 0. The van der Waals surface area contributed by atoms with Crippen LogP contribution in [0.4, 0.5) is 11.6 Å². The molecule has 0 bridgehead atoms. The standard InChI is InChI=1S/C17H23N5/c1-18-13-5-4-10-22(11-13)17-16(19-12-8-9-12)20-14-6-2-3-7-15(14)21-17/h2-3,6-7,12-13,18H,4-5,8-11H2,1H3,(H,19,20)/t13-/m1/s1. The molecule has 1 aromatic heterocycles. The summed E-state index contributed by atoms with van der Waals surface area (Å²) in [7, 11) is 2.05. The maximum absolute atomic E-state index is 4.92. The van der Waals surface area contributed by atoms with E-state index in [0.717, 1.165) is 35.8 Å². The lowest BCUT2D eigenvalue weighted by Gasteiger charge is -2.34. The van der Waals surface area contributed by atoms with Crippen molar-refractivity contribution in [1.29, 1.82) is 0 Å². The molecule has 0 amide bonds. The molecule has 116 valence electrons. The number of fused-ring (bicyclic) bond motifs is 1. The molecule has 1 aliphatic heterocycles. The Bertz CT molecular complexity index is 667.